The van der Waals surface area contributed by atoms with Crippen molar-refractivity contribution in [3.8, 4) is 0 Å². The van der Waals surface area contributed by atoms with Crippen molar-refractivity contribution in [1.82, 2.24) is 0 Å². The van der Waals surface area contributed by atoms with Gasteiger partial charge in [0, 0.05) is 12.2 Å². The number of amides is 1. The van der Waals surface area contributed by atoms with E-state index in [0.717, 1.165) is 25.7 Å². The molecule has 18 heavy (non-hydrogen) atoms. The molecule has 3 nitrogen and oxygen atoms in total. The van der Waals surface area contributed by atoms with Gasteiger partial charge < -0.3 is 11.1 Å². The van der Waals surface area contributed by atoms with Crippen LogP contribution in [0, 0.1) is 11.2 Å². The Bertz CT molecular complexity index is 410. The van der Waals surface area contributed by atoms with Crippen LogP contribution in [0.15, 0.2) is 24.3 Å². The molecule has 0 aromatic heterocycles. The molecule has 1 aromatic rings. The number of nitrogens with one attached hydrogen (secondary N) is 1. The zero-order chi connectivity index (χ0) is 13.0. The molecule has 98 valence electrons. The third-order valence-corrected chi connectivity index (χ3v) is 3.79. The molecule has 1 amide bonds. The Kier molecular flexibility index (Phi) is 3.97. The average molecular weight is 250 g/mol. The highest BCUT2D eigenvalue weighted by atomic mass is 19.1. The van der Waals surface area contributed by atoms with Crippen LogP contribution in [0.4, 0.5) is 10.1 Å². The fourth-order valence-corrected chi connectivity index (χ4v) is 2.55. The fraction of sp³-hybridized carbons (Fsp3) is 0.500. The van der Waals surface area contributed by atoms with Gasteiger partial charge in [-0.05, 0) is 37.1 Å². The van der Waals surface area contributed by atoms with Gasteiger partial charge in [-0.1, -0.05) is 19.3 Å². The van der Waals surface area contributed by atoms with E-state index in [2.05, 4.69) is 5.32 Å². The van der Waals surface area contributed by atoms with Gasteiger partial charge in [-0.3, -0.25) is 4.79 Å². The summed E-state index contributed by atoms with van der Waals surface area (Å²) in [6, 6.07) is 5.82. The van der Waals surface area contributed by atoms with Crippen LogP contribution in [0.2, 0.25) is 0 Å². The molecule has 1 fully saturated rings. The van der Waals surface area contributed by atoms with E-state index in [9.17, 15) is 9.18 Å². The molecule has 0 bridgehead atoms. The van der Waals surface area contributed by atoms with Crippen LogP contribution in [0.3, 0.4) is 0 Å². The van der Waals surface area contributed by atoms with Gasteiger partial charge in [-0.25, -0.2) is 4.39 Å². The van der Waals surface area contributed by atoms with Crippen molar-refractivity contribution < 1.29 is 9.18 Å². The van der Waals surface area contributed by atoms with E-state index in [1.165, 1.54) is 18.6 Å². The van der Waals surface area contributed by atoms with Crippen LogP contribution in [0.1, 0.15) is 32.1 Å². The van der Waals surface area contributed by atoms with Crippen LogP contribution in [-0.2, 0) is 4.79 Å². The second-order valence-electron chi connectivity index (χ2n) is 5.01. The monoisotopic (exact) mass is 250 g/mol. The maximum atomic E-state index is 12.8. The van der Waals surface area contributed by atoms with Crippen molar-refractivity contribution in [2.24, 2.45) is 11.1 Å². The van der Waals surface area contributed by atoms with Crippen LogP contribution >= 0.6 is 0 Å². The summed E-state index contributed by atoms with van der Waals surface area (Å²) < 4.78 is 12.8. The molecule has 0 atom stereocenters. The summed E-state index contributed by atoms with van der Waals surface area (Å²) in [6.07, 6.45) is 4.96. The second-order valence-corrected chi connectivity index (χ2v) is 5.01. The van der Waals surface area contributed by atoms with Crippen molar-refractivity contribution in [2.75, 3.05) is 11.9 Å². The largest absolute Gasteiger partial charge is 0.329 e. The van der Waals surface area contributed by atoms with Crippen LogP contribution in [-0.4, -0.2) is 12.5 Å². The number of nitrogens with two attached hydrogens (primary N) is 1. The van der Waals surface area contributed by atoms with Gasteiger partial charge in [0.25, 0.3) is 0 Å². The predicted octanol–water partition coefficient (Wildman–Crippen LogP) is 2.67. The summed E-state index contributed by atoms with van der Waals surface area (Å²) in [7, 11) is 0. The van der Waals surface area contributed by atoms with E-state index in [0.29, 0.717) is 12.2 Å². The highest BCUT2D eigenvalue weighted by molar-refractivity contribution is 5.95. The summed E-state index contributed by atoms with van der Waals surface area (Å²) in [5, 5.41) is 2.84. The standard InChI is InChI=1S/C14H19FN2O/c15-11-4-6-12(7-5-11)17-13(18)14(10-16)8-2-1-3-9-14/h4-7H,1-3,8-10,16H2,(H,17,18). The van der Waals surface area contributed by atoms with Gasteiger partial charge >= 0.3 is 0 Å². The number of hydrogen-bond donors (Lipinski definition) is 2. The SMILES string of the molecule is NCC1(C(=O)Nc2ccc(F)cc2)CCCCC1. The summed E-state index contributed by atoms with van der Waals surface area (Å²) in [5.74, 6) is -0.337. The lowest BCUT2D eigenvalue weighted by molar-refractivity contribution is -0.126. The van der Waals surface area contributed by atoms with Gasteiger partial charge in [0.1, 0.15) is 5.82 Å². The molecule has 0 aliphatic heterocycles. The summed E-state index contributed by atoms with van der Waals surface area (Å²) in [5.41, 5.74) is 5.98. The van der Waals surface area contributed by atoms with E-state index < -0.39 is 5.41 Å². The van der Waals surface area contributed by atoms with E-state index >= 15 is 0 Å². The molecular weight excluding hydrogens is 231 g/mol. The molecule has 0 unspecified atom stereocenters. The zero-order valence-electron chi connectivity index (χ0n) is 10.4. The van der Waals surface area contributed by atoms with Crippen LogP contribution in [0.25, 0.3) is 0 Å². The topological polar surface area (TPSA) is 55.1 Å². The first kappa shape index (κ1) is 13.0. The quantitative estimate of drug-likeness (QED) is 0.866. The van der Waals surface area contributed by atoms with Gasteiger partial charge in [-0.2, -0.15) is 0 Å². The molecule has 1 aromatic carbocycles. The molecule has 0 saturated heterocycles. The molecule has 2 rings (SSSR count). The van der Waals surface area contributed by atoms with Crippen molar-refractivity contribution in [3.05, 3.63) is 30.1 Å². The van der Waals surface area contributed by atoms with Crippen LogP contribution < -0.4 is 11.1 Å². The highest BCUT2D eigenvalue weighted by Crippen LogP contribution is 2.36. The third-order valence-electron chi connectivity index (χ3n) is 3.79. The minimum Gasteiger partial charge on any atom is -0.329 e. The number of carbonyl (C=O) groups excluding carboxylic acids is 1. The molecule has 1 saturated carbocycles. The number of carbonyl (C=O) groups is 1. The lowest BCUT2D eigenvalue weighted by Crippen LogP contribution is -2.43. The van der Waals surface area contributed by atoms with Crippen LogP contribution in [0.5, 0.6) is 0 Å². The summed E-state index contributed by atoms with van der Waals surface area (Å²) in [6.45, 7) is 0.375. The van der Waals surface area contributed by atoms with E-state index in [4.69, 9.17) is 5.73 Å². The average Bonchev–Trinajstić information content (AvgIpc) is 2.42. The minimum absolute atomic E-state index is 0.0312. The Morgan fingerprint density at radius 1 is 1.22 bits per heavy atom. The maximum absolute atomic E-state index is 12.8. The molecule has 0 spiro atoms. The molecule has 4 heteroatoms. The Morgan fingerprint density at radius 3 is 2.39 bits per heavy atom. The highest BCUT2D eigenvalue weighted by Gasteiger charge is 2.38. The second kappa shape index (κ2) is 5.48. The number of rotatable bonds is 3. The number of halogens is 1. The first-order chi connectivity index (χ1) is 8.66. The van der Waals surface area contributed by atoms with E-state index in [-0.39, 0.29) is 11.7 Å². The minimum atomic E-state index is -0.438. The first-order valence-corrected chi connectivity index (χ1v) is 6.43. The van der Waals surface area contributed by atoms with Gasteiger partial charge in [0.05, 0.1) is 5.41 Å². The molecule has 3 N–H and O–H groups in total. The molecule has 1 aliphatic rings. The fourth-order valence-electron chi connectivity index (χ4n) is 2.55. The number of hydrogen-bond acceptors (Lipinski definition) is 2. The Morgan fingerprint density at radius 2 is 1.83 bits per heavy atom. The van der Waals surface area contributed by atoms with Crippen molar-refractivity contribution in [2.45, 2.75) is 32.1 Å². The maximum Gasteiger partial charge on any atom is 0.231 e. The predicted molar refractivity (Wildman–Crippen MR) is 69.6 cm³/mol. The van der Waals surface area contributed by atoms with Gasteiger partial charge in [0.15, 0.2) is 0 Å². The normalized spacial score (nSPS) is 18.3. The Balaban J connectivity index is 2.07. The number of benzene rings is 1. The third kappa shape index (κ3) is 2.70. The smallest absolute Gasteiger partial charge is 0.231 e. The van der Waals surface area contributed by atoms with Crippen molar-refractivity contribution >= 4 is 11.6 Å². The Hall–Kier alpha value is -1.42. The molecular formula is C14H19FN2O. The lowest BCUT2D eigenvalue weighted by Gasteiger charge is -2.34. The summed E-state index contributed by atoms with van der Waals surface area (Å²) in [4.78, 5) is 12.3. The Labute approximate surface area is 107 Å². The number of anilines is 1. The molecule has 0 heterocycles. The molecule has 1 aliphatic carbocycles. The van der Waals surface area contributed by atoms with Crippen molar-refractivity contribution in [1.29, 1.82) is 0 Å². The lowest BCUT2D eigenvalue weighted by atomic mass is 9.73. The van der Waals surface area contributed by atoms with E-state index in [1.807, 2.05) is 0 Å². The van der Waals surface area contributed by atoms with E-state index in [1.54, 1.807) is 12.1 Å². The van der Waals surface area contributed by atoms with Gasteiger partial charge in [0.2, 0.25) is 5.91 Å². The molecule has 0 radical (unpaired) electrons. The summed E-state index contributed by atoms with van der Waals surface area (Å²) >= 11 is 0. The van der Waals surface area contributed by atoms with Gasteiger partial charge in [-0.15, -0.1) is 0 Å². The first-order valence-electron chi connectivity index (χ1n) is 6.43. The van der Waals surface area contributed by atoms with Crippen molar-refractivity contribution in [3.63, 3.8) is 0 Å². The zero-order valence-corrected chi connectivity index (χ0v) is 10.4.